The molecule has 0 amide bonds. The predicted octanol–water partition coefficient (Wildman–Crippen LogP) is 2.34. The van der Waals surface area contributed by atoms with Crippen molar-refractivity contribution < 1.29 is 8.42 Å². The summed E-state index contributed by atoms with van der Waals surface area (Å²) in [7, 11) is -3.49. The molecule has 17 heavy (non-hydrogen) atoms. The second-order valence-corrected chi connectivity index (χ2v) is 6.28. The van der Waals surface area contributed by atoms with Crippen LogP contribution in [0.1, 0.15) is 20.8 Å². The number of hydrogen-bond donors (Lipinski definition) is 1. The molecule has 0 aliphatic rings. The Morgan fingerprint density at radius 2 is 2.00 bits per heavy atom. The molecule has 0 atom stereocenters. The van der Waals surface area contributed by atoms with E-state index < -0.39 is 10.0 Å². The molecular formula is C11H17ClN2O2S. The monoisotopic (exact) mass is 276 g/mol. The highest BCUT2D eigenvalue weighted by atomic mass is 35.5. The van der Waals surface area contributed by atoms with E-state index in [4.69, 9.17) is 17.3 Å². The molecule has 0 radical (unpaired) electrons. The highest BCUT2D eigenvalue weighted by Gasteiger charge is 2.25. The molecule has 0 saturated heterocycles. The molecule has 0 heterocycles. The van der Waals surface area contributed by atoms with Gasteiger partial charge >= 0.3 is 0 Å². The first kappa shape index (κ1) is 14.3. The van der Waals surface area contributed by atoms with E-state index in [-0.39, 0.29) is 16.6 Å². The zero-order valence-electron chi connectivity index (χ0n) is 10.1. The van der Waals surface area contributed by atoms with Gasteiger partial charge in [0.05, 0.1) is 15.6 Å². The number of rotatable bonds is 4. The summed E-state index contributed by atoms with van der Waals surface area (Å²) in [5.74, 6) is 0. The maximum Gasteiger partial charge on any atom is 0.243 e. The highest BCUT2D eigenvalue weighted by molar-refractivity contribution is 7.89. The maximum atomic E-state index is 12.3. The zero-order valence-corrected chi connectivity index (χ0v) is 11.7. The summed E-state index contributed by atoms with van der Waals surface area (Å²) in [5, 5.41) is 0.358. The topological polar surface area (TPSA) is 63.4 Å². The van der Waals surface area contributed by atoms with Gasteiger partial charge in [0.15, 0.2) is 0 Å². The van der Waals surface area contributed by atoms with E-state index in [9.17, 15) is 8.42 Å². The van der Waals surface area contributed by atoms with Crippen LogP contribution < -0.4 is 5.73 Å². The van der Waals surface area contributed by atoms with Gasteiger partial charge in [-0.25, -0.2) is 8.42 Å². The Labute approximate surface area is 107 Å². The third-order valence-corrected chi connectivity index (χ3v) is 4.95. The van der Waals surface area contributed by atoms with Gasteiger partial charge in [0.2, 0.25) is 10.0 Å². The predicted molar refractivity (Wildman–Crippen MR) is 70.6 cm³/mol. The molecular weight excluding hydrogens is 260 g/mol. The minimum Gasteiger partial charge on any atom is -0.397 e. The molecule has 6 heteroatoms. The van der Waals surface area contributed by atoms with Crippen molar-refractivity contribution in [1.82, 2.24) is 4.31 Å². The third kappa shape index (κ3) is 2.91. The molecule has 0 spiro atoms. The van der Waals surface area contributed by atoms with Crippen LogP contribution >= 0.6 is 11.6 Å². The van der Waals surface area contributed by atoms with E-state index >= 15 is 0 Å². The van der Waals surface area contributed by atoms with Gasteiger partial charge in [-0.05, 0) is 32.0 Å². The van der Waals surface area contributed by atoms with E-state index in [1.54, 1.807) is 6.92 Å². The van der Waals surface area contributed by atoms with Gasteiger partial charge in [0.1, 0.15) is 0 Å². The Hall–Kier alpha value is -0.780. The minimum absolute atomic E-state index is 0.0955. The molecule has 1 aromatic rings. The Bertz CT molecular complexity index is 500. The summed E-state index contributed by atoms with van der Waals surface area (Å²) in [6.45, 7) is 5.89. The quantitative estimate of drug-likeness (QED) is 0.859. The molecule has 2 N–H and O–H groups in total. The standard InChI is InChI=1S/C11H17ClN2O2S/c1-4-14(8(2)3)17(15,16)9-5-6-10(12)11(13)7-9/h5-8H,4,13H2,1-3H3. The van der Waals surface area contributed by atoms with Gasteiger partial charge < -0.3 is 5.73 Å². The van der Waals surface area contributed by atoms with E-state index in [0.29, 0.717) is 11.6 Å². The normalized spacial score (nSPS) is 12.4. The van der Waals surface area contributed by atoms with Crippen LogP contribution in [0.3, 0.4) is 0 Å². The molecule has 1 rings (SSSR count). The van der Waals surface area contributed by atoms with Crippen LogP contribution in [-0.2, 0) is 10.0 Å². The smallest absolute Gasteiger partial charge is 0.243 e. The van der Waals surface area contributed by atoms with Gasteiger partial charge in [-0.3, -0.25) is 0 Å². The lowest BCUT2D eigenvalue weighted by atomic mass is 10.3. The van der Waals surface area contributed by atoms with Gasteiger partial charge in [-0.15, -0.1) is 0 Å². The summed E-state index contributed by atoms with van der Waals surface area (Å²) in [6, 6.07) is 4.27. The van der Waals surface area contributed by atoms with Crippen molar-refractivity contribution in [2.75, 3.05) is 12.3 Å². The lowest BCUT2D eigenvalue weighted by Crippen LogP contribution is -2.36. The van der Waals surface area contributed by atoms with Crippen molar-refractivity contribution in [3.63, 3.8) is 0 Å². The number of nitrogens with two attached hydrogens (primary N) is 1. The minimum atomic E-state index is -3.49. The lowest BCUT2D eigenvalue weighted by Gasteiger charge is -2.24. The molecule has 0 bridgehead atoms. The summed E-state index contributed by atoms with van der Waals surface area (Å²) < 4.78 is 26.0. The van der Waals surface area contributed by atoms with Gasteiger partial charge in [-0.2, -0.15) is 4.31 Å². The van der Waals surface area contributed by atoms with Gasteiger partial charge in [-0.1, -0.05) is 18.5 Å². The Balaban J connectivity index is 3.25. The molecule has 0 aliphatic carbocycles. The van der Waals surface area contributed by atoms with Crippen LogP contribution in [0.15, 0.2) is 23.1 Å². The van der Waals surface area contributed by atoms with Crippen LogP contribution in [0.4, 0.5) is 5.69 Å². The van der Waals surface area contributed by atoms with Crippen molar-refractivity contribution in [3.8, 4) is 0 Å². The fourth-order valence-electron chi connectivity index (χ4n) is 1.63. The number of benzene rings is 1. The largest absolute Gasteiger partial charge is 0.397 e. The molecule has 96 valence electrons. The van der Waals surface area contributed by atoms with E-state index in [2.05, 4.69) is 0 Å². The van der Waals surface area contributed by atoms with Crippen molar-refractivity contribution in [3.05, 3.63) is 23.2 Å². The first-order chi connectivity index (χ1) is 7.80. The fourth-order valence-corrected chi connectivity index (χ4v) is 3.43. The average molecular weight is 277 g/mol. The number of halogens is 1. The fraction of sp³-hybridized carbons (Fsp3) is 0.455. The summed E-state index contributed by atoms with van der Waals surface area (Å²) in [5.41, 5.74) is 5.89. The van der Waals surface area contributed by atoms with Crippen molar-refractivity contribution in [1.29, 1.82) is 0 Å². The molecule has 1 aromatic carbocycles. The Morgan fingerprint density at radius 3 is 2.41 bits per heavy atom. The second-order valence-electron chi connectivity index (χ2n) is 3.99. The first-order valence-electron chi connectivity index (χ1n) is 5.37. The van der Waals surface area contributed by atoms with Gasteiger partial charge in [0.25, 0.3) is 0 Å². The van der Waals surface area contributed by atoms with Crippen molar-refractivity contribution in [2.45, 2.75) is 31.7 Å². The summed E-state index contributed by atoms with van der Waals surface area (Å²) >= 11 is 5.77. The Kier molecular flexibility index (Phi) is 4.41. The second kappa shape index (κ2) is 5.25. The lowest BCUT2D eigenvalue weighted by molar-refractivity contribution is 0.369. The van der Waals surface area contributed by atoms with E-state index in [1.165, 1.54) is 22.5 Å². The van der Waals surface area contributed by atoms with Crippen molar-refractivity contribution in [2.24, 2.45) is 0 Å². The average Bonchev–Trinajstić information content (AvgIpc) is 2.21. The van der Waals surface area contributed by atoms with Crippen LogP contribution in [0.2, 0.25) is 5.02 Å². The van der Waals surface area contributed by atoms with Crippen LogP contribution in [0.25, 0.3) is 0 Å². The summed E-state index contributed by atoms with van der Waals surface area (Å²) in [4.78, 5) is 0.176. The number of sulfonamides is 1. The SMILES string of the molecule is CCN(C(C)C)S(=O)(=O)c1ccc(Cl)c(N)c1. The van der Waals surface area contributed by atoms with Gasteiger partial charge in [0, 0.05) is 12.6 Å². The van der Waals surface area contributed by atoms with E-state index in [1.807, 2.05) is 13.8 Å². The number of nitrogen functional groups attached to an aromatic ring is 1. The number of nitrogens with zero attached hydrogens (tertiary/aromatic N) is 1. The Morgan fingerprint density at radius 1 is 1.41 bits per heavy atom. The van der Waals surface area contributed by atoms with Crippen LogP contribution in [0.5, 0.6) is 0 Å². The van der Waals surface area contributed by atoms with Crippen LogP contribution in [-0.4, -0.2) is 25.3 Å². The highest BCUT2D eigenvalue weighted by Crippen LogP contribution is 2.25. The summed E-state index contributed by atoms with van der Waals surface area (Å²) in [6.07, 6.45) is 0. The first-order valence-corrected chi connectivity index (χ1v) is 7.19. The third-order valence-electron chi connectivity index (χ3n) is 2.46. The molecule has 0 aromatic heterocycles. The molecule has 0 fully saturated rings. The molecule has 0 aliphatic heterocycles. The van der Waals surface area contributed by atoms with Crippen molar-refractivity contribution >= 4 is 27.3 Å². The van der Waals surface area contributed by atoms with E-state index in [0.717, 1.165) is 0 Å². The molecule has 4 nitrogen and oxygen atoms in total. The zero-order chi connectivity index (χ0) is 13.2. The number of hydrogen-bond acceptors (Lipinski definition) is 3. The number of anilines is 1. The molecule has 0 saturated carbocycles. The maximum absolute atomic E-state index is 12.3. The molecule has 0 unspecified atom stereocenters. The van der Waals surface area contributed by atoms with Crippen LogP contribution in [0, 0.1) is 0 Å².